The zero-order valence-corrected chi connectivity index (χ0v) is 12.8. The second-order valence-electron chi connectivity index (χ2n) is 4.87. The topological polar surface area (TPSA) is 17.0 Å². The normalized spacial score (nSPS) is 11.3. The van der Waals surface area contributed by atoms with Gasteiger partial charge in [0.05, 0.1) is 0 Å². The third-order valence-electron chi connectivity index (χ3n) is 3.36. The van der Waals surface area contributed by atoms with Crippen LogP contribution in [0.25, 0.3) is 10.9 Å². The van der Waals surface area contributed by atoms with Crippen LogP contribution in [0.4, 0.5) is 0 Å². The van der Waals surface area contributed by atoms with Crippen LogP contribution in [0.1, 0.15) is 25.5 Å². The molecule has 0 spiro atoms. The van der Waals surface area contributed by atoms with Crippen molar-refractivity contribution in [3.05, 3.63) is 36.0 Å². The quantitative estimate of drug-likeness (QED) is 0.737. The van der Waals surface area contributed by atoms with Gasteiger partial charge in [-0.15, -0.1) is 0 Å². The van der Waals surface area contributed by atoms with Crippen LogP contribution in [-0.2, 0) is 13.1 Å². The Kier molecular flexibility index (Phi) is 5.80. The lowest BCUT2D eigenvalue weighted by atomic mass is 10.2. The molecule has 0 fully saturated rings. The van der Waals surface area contributed by atoms with Gasteiger partial charge in [0.25, 0.3) is 0 Å². The number of fused-ring (bicyclic) bond motifs is 1. The van der Waals surface area contributed by atoms with Crippen LogP contribution in [0.3, 0.4) is 0 Å². The molecule has 1 heterocycles. The summed E-state index contributed by atoms with van der Waals surface area (Å²) >= 11 is 1.93. The number of aryl methyl sites for hydroxylation is 1. The monoisotopic (exact) mass is 276 g/mol. The van der Waals surface area contributed by atoms with E-state index in [0.29, 0.717) is 0 Å². The number of hydrogen-bond acceptors (Lipinski definition) is 2. The molecule has 2 rings (SSSR count). The van der Waals surface area contributed by atoms with Crippen LogP contribution in [0, 0.1) is 0 Å². The minimum Gasteiger partial charge on any atom is -0.343 e. The molecule has 0 bridgehead atoms. The summed E-state index contributed by atoms with van der Waals surface area (Å²) in [5, 5.41) is 4.88. The average Bonchev–Trinajstić information content (AvgIpc) is 2.78. The molecule has 104 valence electrons. The lowest BCUT2D eigenvalue weighted by Crippen LogP contribution is -2.17. The molecule has 1 aromatic carbocycles. The van der Waals surface area contributed by atoms with E-state index >= 15 is 0 Å². The van der Waals surface area contributed by atoms with Gasteiger partial charge in [0.15, 0.2) is 0 Å². The van der Waals surface area contributed by atoms with E-state index in [4.69, 9.17) is 0 Å². The van der Waals surface area contributed by atoms with Crippen molar-refractivity contribution in [1.82, 2.24) is 9.88 Å². The highest BCUT2D eigenvalue weighted by Gasteiger charge is 2.07. The Morgan fingerprint density at radius 2 is 2.11 bits per heavy atom. The van der Waals surface area contributed by atoms with Crippen molar-refractivity contribution < 1.29 is 0 Å². The largest absolute Gasteiger partial charge is 0.343 e. The van der Waals surface area contributed by atoms with Crippen molar-refractivity contribution in [1.29, 1.82) is 0 Å². The molecule has 0 radical (unpaired) electrons. The number of aromatic nitrogens is 1. The zero-order valence-electron chi connectivity index (χ0n) is 12.0. The molecule has 19 heavy (non-hydrogen) atoms. The Bertz CT molecular complexity index is 504. The molecular weight excluding hydrogens is 252 g/mol. The van der Waals surface area contributed by atoms with Crippen molar-refractivity contribution in [2.45, 2.75) is 32.9 Å². The van der Waals surface area contributed by atoms with Gasteiger partial charge in [-0.05, 0) is 48.9 Å². The molecule has 2 aromatic rings. The van der Waals surface area contributed by atoms with Gasteiger partial charge in [0.2, 0.25) is 0 Å². The fraction of sp³-hybridized carbons (Fsp3) is 0.500. The predicted octanol–water partition coefficient (Wildman–Crippen LogP) is 3.89. The fourth-order valence-corrected chi connectivity index (χ4v) is 2.86. The maximum Gasteiger partial charge on any atom is 0.0482 e. The summed E-state index contributed by atoms with van der Waals surface area (Å²) in [6, 6.07) is 11.0. The predicted molar refractivity (Wildman–Crippen MR) is 86.9 cm³/mol. The molecule has 0 aliphatic rings. The van der Waals surface area contributed by atoms with E-state index < -0.39 is 0 Å². The highest BCUT2D eigenvalue weighted by molar-refractivity contribution is 7.98. The van der Waals surface area contributed by atoms with E-state index in [2.05, 4.69) is 53.4 Å². The van der Waals surface area contributed by atoms with E-state index in [-0.39, 0.29) is 0 Å². The number of benzene rings is 1. The highest BCUT2D eigenvalue weighted by Crippen LogP contribution is 2.20. The summed E-state index contributed by atoms with van der Waals surface area (Å²) < 4.78 is 2.48. The van der Waals surface area contributed by atoms with Gasteiger partial charge >= 0.3 is 0 Å². The first-order chi connectivity index (χ1) is 9.36. The molecule has 3 heteroatoms. The molecule has 0 unspecified atom stereocenters. The summed E-state index contributed by atoms with van der Waals surface area (Å²) in [5.74, 6) is 1.23. The first-order valence-corrected chi connectivity index (χ1v) is 8.53. The van der Waals surface area contributed by atoms with E-state index in [1.807, 2.05) is 11.8 Å². The maximum absolute atomic E-state index is 3.52. The fourth-order valence-electron chi connectivity index (χ4n) is 2.44. The van der Waals surface area contributed by atoms with Gasteiger partial charge < -0.3 is 9.88 Å². The molecule has 1 aromatic heterocycles. The van der Waals surface area contributed by atoms with Gasteiger partial charge in [0.1, 0.15) is 0 Å². The third kappa shape index (κ3) is 3.77. The highest BCUT2D eigenvalue weighted by atomic mass is 32.2. The van der Waals surface area contributed by atoms with Crippen LogP contribution in [-0.4, -0.2) is 23.1 Å². The molecule has 0 aliphatic carbocycles. The Balaban J connectivity index is 2.18. The lowest BCUT2D eigenvalue weighted by Gasteiger charge is -2.11. The molecular formula is C16H24N2S. The van der Waals surface area contributed by atoms with Gasteiger partial charge in [-0.1, -0.05) is 25.1 Å². The minimum absolute atomic E-state index is 0.974. The van der Waals surface area contributed by atoms with Crippen LogP contribution in [0.2, 0.25) is 0 Å². The van der Waals surface area contributed by atoms with E-state index in [9.17, 15) is 0 Å². The minimum atomic E-state index is 0.974. The Morgan fingerprint density at radius 3 is 2.89 bits per heavy atom. The van der Waals surface area contributed by atoms with Gasteiger partial charge in [-0.3, -0.25) is 0 Å². The number of para-hydroxylation sites is 1. The van der Waals surface area contributed by atoms with Gasteiger partial charge in [-0.25, -0.2) is 0 Å². The second kappa shape index (κ2) is 7.61. The third-order valence-corrected chi connectivity index (χ3v) is 4.06. The first-order valence-electron chi connectivity index (χ1n) is 7.13. The Labute approximate surface area is 120 Å². The zero-order chi connectivity index (χ0) is 13.5. The second-order valence-corrected chi connectivity index (χ2v) is 5.85. The van der Waals surface area contributed by atoms with Crippen molar-refractivity contribution >= 4 is 22.7 Å². The molecule has 0 aliphatic heterocycles. The summed E-state index contributed by atoms with van der Waals surface area (Å²) in [6.45, 7) is 5.40. The molecule has 0 saturated heterocycles. The summed E-state index contributed by atoms with van der Waals surface area (Å²) in [6.07, 6.45) is 4.60. The van der Waals surface area contributed by atoms with Crippen molar-refractivity contribution in [2.24, 2.45) is 0 Å². The van der Waals surface area contributed by atoms with Gasteiger partial charge in [0, 0.05) is 24.3 Å². The number of nitrogens with one attached hydrogen (secondary N) is 1. The number of nitrogens with zero attached hydrogens (tertiary/aromatic N) is 1. The van der Waals surface area contributed by atoms with E-state index in [1.165, 1.54) is 35.2 Å². The first kappa shape index (κ1) is 14.5. The molecule has 0 amide bonds. The SMILES string of the molecule is CCCNCc1cc2ccccc2n1CCCSC. The number of rotatable bonds is 8. The van der Waals surface area contributed by atoms with Crippen LogP contribution < -0.4 is 5.32 Å². The molecule has 1 N–H and O–H groups in total. The summed E-state index contributed by atoms with van der Waals surface area (Å²) in [4.78, 5) is 0. The van der Waals surface area contributed by atoms with E-state index in [1.54, 1.807) is 0 Å². The van der Waals surface area contributed by atoms with Crippen molar-refractivity contribution in [3.63, 3.8) is 0 Å². The lowest BCUT2D eigenvalue weighted by molar-refractivity contribution is 0.611. The molecule has 0 atom stereocenters. The smallest absolute Gasteiger partial charge is 0.0482 e. The summed E-state index contributed by atoms with van der Waals surface area (Å²) in [7, 11) is 0. The Morgan fingerprint density at radius 1 is 1.26 bits per heavy atom. The average molecular weight is 276 g/mol. The number of hydrogen-bond donors (Lipinski definition) is 1. The number of thioether (sulfide) groups is 1. The van der Waals surface area contributed by atoms with Crippen molar-refractivity contribution in [2.75, 3.05) is 18.6 Å². The summed E-state index contributed by atoms with van der Waals surface area (Å²) in [5.41, 5.74) is 2.78. The Hall–Kier alpha value is -0.930. The van der Waals surface area contributed by atoms with Crippen LogP contribution in [0.5, 0.6) is 0 Å². The molecule has 2 nitrogen and oxygen atoms in total. The maximum atomic E-state index is 3.52. The standard InChI is InChI=1S/C16H24N2S/c1-3-9-17-13-15-12-14-7-4-5-8-16(14)18(15)10-6-11-19-2/h4-5,7-8,12,17H,3,6,9-11,13H2,1-2H3. The van der Waals surface area contributed by atoms with Gasteiger partial charge in [-0.2, -0.15) is 11.8 Å². The molecule has 0 saturated carbocycles. The van der Waals surface area contributed by atoms with Crippen LogP contribution in [0.15, 0.2) is 30.3 Å². The van der Waals surface area contributed by atoms with Crippen LogP contribution >= 0.6 is 11.8 Å². The van der Waals surface area contributed by atoms with E-state index in [0.717, 1.165) is 19.6 Å². The van der Waals surface area contributed by atoms with Crippen molar-refractivity contribution in [3.8, 4) is 0 Å².